The molecular weight excluding hydrogens is 1030 g/mol. The van der Waals surface area contributed by atoms with E-state index in [4.69, 9.17) is 25.9 Å². The number of likely N-dealkylation sites (tertiary alicyclic amines) is 1. The number of fused-ring (bicyclic) bond motifs is 6. The quantitative estimate of drug-likeness (QED) is 0.0729. The first-order valence-corrected chi connectivity index (χ1v) is 27.9. The number of carbonyl (C=O) groups is 6. The van der Waals surface area contributed by atoms with Gasteiger partial charge in [-0.1, -0.05) is 42.3 Å². The first-order valence-electron chi connectivity index (χ1n) is 27.9. The van der Waals surface area contributed by atoms with Crippen molar-refractivity contribution in [3.05, 3.63) is 95.2 Å². The predicted octanol–water partition coefficient (Wildman–Crippen LogP) is 7.04. The van der Waals surface area contributed by atoms with Crippen molar-refractivity contribution in [3.8, 4) is 29.6 Å². The Kier molecular flexibility index (Phi) is 12.9. The fraction of sp³-hybridized carbons (Fsp3) is 0.450. The van der Waals surface area contributed by atoms with E-state index in [2.05, 4.69) is 43.2 Å². The van der Waals surface area contributed by atoms with Gasteiger partial charge in [0.25, 0.3) is 11.8 Å². The third kappa shape index (κ3) is 8.98. The van der Waals surface area contributed by atoms with Crippen LogP contribution in [0.1, 0.15) is 110 Å². The molecule has 412 valence electrons. The molecule has 2 bridgehead atoms. The van der Waals surface area contributed by atoms with Gasteiger partial charge >= 0.3 is 12.1 Å². The number of nitrogens with zero attached hydrogens (tertiary/aromatic N) is 7. The van der Waals surface area contributed by atoms with Gasteiger partial charge in [-0.25, -0.2) is 13.6 Å². The molecule has 1 saturated carbocycles. The molecule has 80 heavy (non-hydrogen) atoms. The fourth-order valence-corrected chi connectivity index (χ4v) is 14.3. The van der Waals surface area contributed by atoms with Gasteiger partial charge in [0.05, 0.1) is 27.6 Å². The summed E-state index contributed by atoms with van der Waals surface area (Å²) in [5, 5.41) is 10.3. The number of imide groups is 2. The molecule has 0 radical (unpaired) electrons. The number of halogens is 2. The third-order valence-electron chi connectivity index (χ3n) is 18.6. The summed E-state index contributed by atoms with van der Waals surface area (Å²) in [5.41, 5.74) is 1.58. The molecule has 8 aliphatic rings. The minimum absolute atomic E-state index is 0.00317. The van der Waals surface area contributed by atoms with Gasteiger partial charge in [0, 0.05) is 86.0 Å². The van der Waals surface area contributed by atoms with Crippen molar-refractivity contribution in [3.63, 3.8) is 0 Å². The van der Waals surface area contributed by atoms with E-state index in [1.165, 1.54) is 18.2 Å². The number of anilines is 2. The molecular formula is C60H60F2N10O8. The van der Waals surface area contributed by atoms with Gasteiger partial charge in [0.2, 0.25) is 17.7 Å². The SMILES string of the molecule is C#Cc1c(F)ccc2cccc(-c3ncc4c(N5C[C@H]6CC[C@@H](C5)N6)nc(OC[C@@]56CC[C@@H](COC(=O)N7CCC8(CCC(C(=O)Nc9ccc%10c(c9)C(=O)N(C9CCC(=O)NC9=O)C%10=O)CC8)CC7)N5CC(=C)C6)nc4c3F)c12. The number of carbonyl (C=O) groups excluding carboxylic acids is 6. The fourth-order valence-electron chi connectivity index (χ4n) is 14.3. The van der Waals surface area contributed by atoms with Crippen LogP contribution in [-0.2, 0) is 19.1 Å². The molecule has 1 aliphatic carbocycles. The number of hydrogen-bond donors (Lipinski definition) is 3. The molecule has 7 aliphatic heterocycles. The van der Waals surface area contributed by atoms with Crippen LogP contribution in [0.4, 0.5) is 25.1 Å². The summed E-state index contributed by atoms with van der Waals surface area (Å²) >= 11 is 0. The maximum atomic E-state index is 17.3. The Bertz CT molecular complexity index is 3520. The standard InChI is InChI=1S/C60H60F2N10O8/c1-3-40-45(61)12-7-34-5-4-6-42(48(34)40)50-49(62)51-44(27-63-50)52(70-29-37-8-9-38(30-70)64-37)68-57(67-51)80-32-60-20-17-39(71(60)28-33(2)26-60)31-79-58(78)69-23-21-59(22-24-69)18-15-35(16-19-59)53(74)65-36-10-11-41-43(25-36)56(77)72(55(41)76)46-13-14-47(73)66-54(46)75/h1,4-7,10-12,25,27,35,37-39,46,64H,2,8-9,13-24,26,28-32H2,(H,65,74)(H,66,73,75)/t37-,38+,39-,46?,60-/m0/s1. The molecule has 6 saturated heterocycles. The van der Waals surface area contributed by atoms with Crippen molar-refractivity contribution < 1.29 is 47.0 Å². The highest BCUT2D eigenvalue weighted by Crippen LogP contribution is 2.48. The Labute approximate surface area is 460 Å². The average molecular weight is 1090 g/mol. The molecule has 3 aromatic carbocycles. The predicted molar refractivity (Wildman–Crippen MR) is 290 cm³/mol. The summed E-state index contributed by atoms with van der Waals surface area (Å²) in [6.45, 7) is 7.80. The number of ether oxygens (including phenoxy) is 2. The van der Waals surface area contributed by atoms with Crippen molar-refractivity contribution in [1.82, 2.24) is 40.3 Å². The average Bonchev–Trinajstić information content (AvgIpc) is 4.31. The second-order valence-electron chi connectivity index (χ2n) is 23.3. The van der Waals surface area contributed by atoms with E-state index >= 15 is 8.78 Å². The molecule has 1 unspecified atom stereocenters. The van der Waals surface area contributed by atoms with Crippen LogP contribution < -0.4 is 25.6 Å². The van der Waals surface area contributed by atoms with Gasteiger partial charge in [-0.05, 0) is 112 Å². The lowest BCUT2D eigenvalue weighted by molar-refractivity contribution is -0.136. The smallest absolute Gasteiger partial charge is 0.409 e. The Hall–Kier alpha value is -7.89. The Morgan fingerprint density at radius 2 is 1.66 bits per heavy atom. The monoisotopic (exact) mass is 1090 g/mol. The normalized spacial score (nSPS) is 25.6. The van der Waals surface area contributed by atoms with E-state index in [0.717, 1.165) is 61.8 Å². The number of amides is 6. The number of nitrogens with one attached hydrogen (secondary N) is 3. The summed E-state index contributed by atoms with van der Waals surface area (Å²) in [5.74, 6) is -1.09. The van der Waals surface area contributed by atoms with Crippen molar-refractivity contribution in [2.24, 2.45) is 11.3 Å². The minimum Gasteiger partial charge on any atom is -0.461 e. The Morgan fingerprint density at radius 1 is 0.887 bits per heavy atom. The molecule has 5 aromatic rings. The zero-order valence-electron chi connectivity index (χ0n) is 44.2. The van der Waals surface area contributed by atoms with E-state index < -0.39 is 46.8 Å². The number of piperazine rings is 1. The molecule has 3 N–H and O–H groups in total. The molecule has 5 atom stereocenters. The maximum absolute atomic E-state index is 17.3. The Morgan fingerprint density at radius 3 is 2.42 bits per heavy atom. The second-order valence-corrected chi connectivity index (χ2v) is 23.3. The highest BCUT2D eigenvalue weighted by Gasteiger charge is 2.52. The number of rotatable bonds is 10. The van der Waals surface area contributed by atoms with Crippen LogP contribution in [0.2, 0.25) is 0 Å². The second kappa shape index (κ2) is 20.0. The van der Waals surface area contributed by atoms with E-state index in [1.54, 1.807) is 41.4 Å². The highest BCUT2D eigenvalue weighted by molar-refractivity contribution is 6.24. The molecule has 6 amide bonds. The van der Waals surface area contributed by atoms with Crippen LogP contribution in [0.3, 0.4) is 0 Å². The molecule has 1 spiro atoms. The van der Waals surface area contributed by atoms with Gasteiger partial charge in [0.1, 0.15) is 42.1 Å². The molecule has 20 heteroatoms. The molecule has 13 rings (SSSR count). The maximum Gasteiger partial charge on any atom is 0.409 e. The van der Waals surface area contributed by atoms with Crippen LogP contribution in [0.25, 0.3) is 32.9 Å². The van der Waals surface area contributed by atoms with Gasteiger partial charge in [-0.3, -0.25) is 44.1 Å². The molecule has 18 nitrogen and oxygen atoms in total. The van der Waals surface area contributed by atoms with Crippen molar-refractivity contribution in [1.29, 1.82) is 0 Å². The first kappa shape index (κ1) is 51.5. The number of hydrogen-bond acceptors (Lipinski definition) is 14. The van der Waals surface area contributed by atoms with Crippen LogP contribution in [0.5, 0.6) is 6.01 Å². The van der Waals surface area contributed by atoms with Gasteiger partial charge < -0.3 is 29.9 Å². The van der Waals surface area contributed by atoms with Gasteiger partial charge in [-0.15, -0.1) is 6.42 Å². The molecule has 9 heterocycles. The van der Waals surface area contributed by atoms with Crippen LogP contribution >= 0.6 is 0 Å². The van der Waals surface area contributed by atoms with E-state index in [9.17, 15) is 28.8 Å². The molecule has 2 aromatic heterocycles. The van der Waals surface area contributed by atoms with Gasteiger partial charge in [-0.2, -0.15) is 9.97 Å². The van der Waals surface area contributed by atoms with Crippen LogP contribution in [-0.4, -0.2) is 141 Å². The lowest BCUT2D eigenvalue weighted by Gasteiger charge is -2.45. The summed E-state index contributed by atoms with van der Waals surface area (Å²) in [6.07, 6.45) is 15.9. The zero-order valence-corrected chi connectivity index (χ0v) is 44.2. The number of benzene rings is 3. The lowest BCUT2D eigenvalue weighted by Crippen LogP contribution is -2.54. The third-order valence-corrected chi connectivity index (χ3v) is 18.6. The van der Waals surface area contributed by atoms with Crippen molar-refractivity contribution >= 4 is 68.8 Å². The number of aromatic nitrogens is 3. The van der Waals surface area contributed by atoms with E-state index in [-0.39, 0.29) is 101 Å². The minimum atomic E-state index is -1.08. The number of pyridine rings is 1. The zero-order chi connectivity index (χ0) is 55.2. The summed E-state index contributed by atoms with van der Waals surface area (Å²) < 4.78 is 45.0. The first-order chi connectivity index (χ1) is 38.7. The lowest BCUT2D eigenvalue weighted by atomic mass is 9.65. The summed E-state index contributed by atoms with van der Waals surface area (Å²) in [6, 6.07) is 12.1. The van der Waals surface area contributed by atoms with Gasteiger partial charge in [0.15, 0.2) is 5.82 Å². The number of terminal acetylenes is 1. The van der Waals surface area contributed by atoms with E-state index in [0.29, 0.717) is 85.2 Å². The highest BCUT2D eigenvalue weighted by atomic mass is 19.1. The number of piperidine rings is 2. The Balaban J connectivity index is 0.634. The van der Waals surface area contributed by atoms with Crippen LogP contribution in [0.15, 0.2) is 66.9 Å². The summed E-state index contributed by atoms with van der Waals surface area (Å²) in [4.78, 5) is 99.5. The van der Waals surface area contributed by atoms with Crippen molar-refractivity contribution in [2.75, 3.05) is 56.2 Å². The largest absolute Gasteiger partial charge is 0.461 e. The molecule has 7 fully saturated rings. The topological polar surface area (TPSA) is 209 Å². The van der Waals surface area contributed by atoms with E-state index in [1.807, 2.05) is 0 Å². The summed E-state index contributed by atoms with van der Waals surface area (Å²) in [7, 11) is 0. The van der Waals surface area contributed by atoms with Crippen LogP contribution in [0, 0.1) is 35.3 Å². The van der Waals surface area contributed by atoms with Crippen molar-refractivity contribution in [2.45, 2.75) is 113 Å².